The maximum absolute atomic E-state index is 6.06. The number of ether oxygens (including phenoxy) is 1. The maximum Gasteiger partial charge on any atom is 0.129 e. The van der Waals surface area contributed by atoms with Gasteiger partial charge in [0.2, 0.25) is 0 Å². The van der Waals surface area contributed by atoms with Crippen LogP contribution >= 0.6 is 34.5 Å². The highest BCUT2D eigenvalue weighted by Gasteiger charge is 2.10. The van der Waals surface area contributed by atoms with Gasteiger partial charge >= 0.3 is 0 Å². The Morgan fingerprint density at radius 1 is 1.43 bits per heavy atom. The first-order valence-electron chi connectivity index (χ1n) is 4.22. The van der Waals surface area contributed by atoms with E-state index in [2.05, 4.69) is 0 Å². The molecule has 2 aromatic rings. The normalized spacial score (nSPS) is 10.8. The van der Waals surface area contributed by atoms with Crippen molar-refractivity contribution >= 4 is 44.6 Å². The van der Waals surface area contributed by atoms with E-state index >= 15 is 0 Å². The molecule has 2 rings (SSSR count). The highest BCUT2D eigenvalue weighted by molar-refractivity contribution is 7.18. The molecule has 0 amide bonds. The minimum absolute atomic E-state index is 0.546. The van der Waals surface area contributed by atoms with Gasteiger partial charge in [0.15, 0.2) is 0 Å². The smallest absolute Gasteiger partial charge is 0.129 e. The summed E-state index contributed by atoms with van der Waals surface area (Å²) in [6.07, 6.45) is 0. The van der Waals surface area contributed by atoms with Crippen molar-refractivity contribution in [1.82, 2.24) is 0 Å². The zero-order valence-corrected chi connectivity index (χ0v) is 9.84. The summed E-state index contributed by atoms with van der Waals surface area (Å²) in [6.45, 7) is 2.57. The molecule has 1 nitrogen and oxygen atoms in total. The highest BCUT2D eigenvalue weighted by Crippen LogP contribution is 2.40. The van der Waals surface area contributed by atoms with Crippen LogP contribution in [0.5, 0.6) is 5.75 Å². The van der Waals surface area contributed by atoms with Crippen LogP contribution in [0.2, 0.25) is 10.0 Å². The van der Waals surface area contributed by atoms with E-state index < -0.39 is 0 Å². The molecule has 0 bridgehead atoms. The van der Waals surface area contributed by atoms with E-state index in [1.54, 1.807) is 17.4 Å². The third-order valence-corrected chi connectivity index (χ3v) is 3.73. The number of hydrogen-bond acceptors (Lipinski definition) is 2. The molecule has 0 saturated heterocycles. The molecule has 0 spiro atoms. The van der Waals surface area contributed by atoms with E-state index in [1.165, 1.54) is 0 Å². The molecular formula is C10H8Cl2OS. The van der Waals surface area contributed by atoms with E-state index in [-0.39, 0.29) is 0 Å². The van der Waals surface area contributed by atoms with Crippen LogP contribution in [0.25, 0.3) is 10.1 Å². The minimum atomic E-state index is 0.546. The molecule has 0 aliphatic carbocycles. The molecule has 0 aliphatic rings. The SMILES string of the molecule is CCOc1cc(Cl)c(Cl)c2sccc12. The molecule has 1 heterocycles. The van der Waals surface area contributed by atoms with Gasteiger partial charge in [0.05, 0.1) is 21.4 Å². The second kappa shape index (κ2) is 3.97. The van der Waals surface area contributed by atoms with E-state index in [9.17, 15) is 0 Å². The number of fused-ring (bicyclic) bond motifs is 1. The fourth-order valence-electron chi connectivity index (χ4n) is 1.31. The summed E-state index contributed by atoms with van der Waals surface area (Å²) in [5.74, 6) is 0.804. The van der Waals surface area contributed by atoms with Gasteiger partial charge in [-0.25, -0.2) is 0 Å². The minimum Gasteiger partial charge on any atom is -0.493 e. The van der Waals surface area contributed by atoms with Gasteiger partial charge in [-0.05, 0) is 18.4 Å². The summed E-state index contributed by atoms with van der Waals surface area (Å²) >= 11 is 13.6. The van der Waals surface area contributed by atoms with Gasteiger partial charge in [-0.15, -0.1) is 11.3 Å². The molecule has 0 N–H and O–H groups in total. The second-order valence-corrected chi connectivity index (χ2v) is 4.47. The Balaban J connectivity index is 2.71. The Hall–Kier alpha value is -0.440. The Kier molecular flexibility index (Phi) is 2.86. The van der Waals surface area contributed by atoms with E-state index in [1.807, 2.05) is 18.4 Å². The van der Waals surface area contributed by atoms with Crippen molar-refractivity contribution in [2.24, 2.45) is 0 Å². The molecule has 0 radical (unpaired) electrons. The van der Waals surface area contributed by atoms with Crippen molar-refractivity contribution in [2.45, 2.75) is 6.92 Å². The number of rotatable bonds is 2. The first-order chi connectivity index (χ1) is 6.74. The Morgan fingerprint density at radius 2 is 2.21 bits per heavy atom. The maximum atomic E-state index is 6.06. The first kappa shape index (κ1) is 10.1. The van der Waals surface area contributed by atoms with Crippen molar-refractivity contribution in [3.63, 3.8) is 0 Å². The van der Waals surface area contributed by atoms with E-state index in [0.29, 0.717) is 16.7 Å². The lowest BCUT2D eigenvalue weighted by Gasteiger charge is -2.06. The molecule has 0 unspecified atom stereocenters. The van der Waals surface area contributed by atoms with Crippen LogP contribution in [0.4, 0.5) is 0 Å². The standard InChI is InChI=1S/C10H8Cl2OS/c1-2-13-8-5-7(11)9(12)10-6(8)3-4-14-10/h3-5H,2H2,1H3. The molecule has 0 fully saturated rings. The van der Waals surface area contributed by atoms with E-state index in [0.717, 1.165) is 15.8 Å². The molecule has 14 heavy (non-hydrogen) atoms. The number of thiophene rings is 1. The summed E-state index contributed by atoms with van der Waals surface area (Å²) < 4.78 is 6.47. The number of hydrogen-bond donors (Lipinski definition) is 0. The Labute approximate surface area is 96.2 Å². The van der Waals surface area contributed by atoms with Gasteiger partial charge in [-0.3, -0.25) is 0 Å². The van der Waals surface area contributed by atoms with Crippen LogP contribution in [0.15, 0.2) is 17.5 Å². The molecule has 74 valence electrons. The van der Waals surface area contributed by atoms with Gasteiger partial charge in [0.1, 0.15) is 5.75 Å². The first-order valence-corrected chi connectivity index (χ1v) is 5.85. The predicted octanol–water partition coefficient (Wildman–Crippen LogP) is 4.61. The van der Waals surface area contributed by atoms with Crippen LogP contribution in [0.1, 0.15) is 6.92 Å². The third-order valence-electron chi connectivity index (χ3n) is 1.90. The lowest BCUT2D eigenvalue weighted by Crippen LogP contribution is -1.91. The summed E-state index contributed by atoms with van der Waals surface area (Å²) in [5, 5.41) is 4.17. The number of halogens is 2. The van der Waals surface area contributed by atoms with Crippen LogP contribution in [0, 0.1) is 0 Å². The van der Waals surface area contributed by atoms with Crippen molar-refractivity contribution < 1.29 is 4.74 Å². The molecule has 0 saturated carbocycles. The molecule has 0 atom stereocenters. The Bertz CT molecular complexity index is 464. The summed E-state index contributed by atoms with van der Waals surface area (Å²) in [5.41, 5.74) is 0. The van der Waals surface area contributed by atoms with Gasteiger partial charge < -0.3 is 4.74 Å². The topological polar surface area (TPSA) is 9.23 Å². The highest BCUT2D eigenvalue weighted by atomic mass is 35.5. The average molecular weight is 247 g/mol. The fourth-order valence-corrected chi connectivity index (χ4v) is 2.70. The third kappa shape index (κ3) is 1.58. The van der Waals surface area contributed by atoms with Crippen LogP contribution in [0.3, 0.4) is 0 Å². The summed E-state index contributed by atoms with van der Waals surface area (Å²) in [6, 6.07) is 3.76. The Morgan fingerprint density at radius 3 is 2.93 bits per heavy atom. The largest absolute Gasteiger partial charge is 0.493 e. The van der Waals surface area contributed by atoms with E-state index in [4.69, 9.17) is 27.9 Å². The van der Waals surface area contributed by atoms with Crippen molar-refractivity contribution in [3.05, 3.63) is 27.6 Å². The second-order valence-electron chi connectivity index (χ2n) is 2.77. The fraction of sp³-hybridized carbons (Fsp3) is 0.200. The molecule has 0 aliphatic heterocycles. The van der Waals surface area contributed by atoms with Crippen LogP contribution < -0.4 is 4.74 Å². The monoisotopic (exact) mass is 246 g/mol. The zero-order valence-electron chi connectivity index (χ0n) is 7.51. The molecule has 1 aromatic heterocycles. The quantitative estimate of drug-likeness (QED) is 0.753. The van der Waals surface area contributed by atoms with Crippen LogP contribution in [-0.2, 0) is 0 Å². The summed E-state index contributed by atoms with van der Waals surface area (Å²) in [4.78, 5) is 0. The average Bonchev–Trinajstić information content (AvgIpc) is 2.63. The van der Waals surface area contributed by atoms with Gasteiger partial charge in [0.25, 0.3) is 0 Å². The van der Waals surface area contributed by atoms with Crippen molar-refractivity contribution in [3.8, 4) is 5.75 Å². The van der Waals surface area contributed by atoms with Gasteiger partial charge in [-0.2, -0.15) is 0 Å². The molecule has 1 aromatic carbocycles. The van der Waals surface area contributed by atoms with Crippen molar-refractivity contribution in [1.29, 1.82) is 0 Å². The summed E-state index contributed by atoms with van der Waals surface area (Å²) in [7, 11) is 0. The van der Waals surface area contributed by atoms with Gasteiger partial charge in [0, 0.05) is 11.5 Å². The molecular weight excluding hydrogens is 239 g/mol. The van der Waals surface area contributed by atoms with Crippen LogP contribution in [-0.4, -0.2) is 6.61 Å². The lowest BCUT2D eigenvalue weighted by atomic mass is 10.2. The van der Waals surface area contributed by atoms with Crippen molar-refractivity contribution in [2.75, 3.05) is 6.61 Å². The van der Waals surface area contributed by atoms with Gasteiger partial charge in [-0.1, -0.05) is 23.2 Å². The lowest BCUT2D eigenvalue weighted by molar-refractivity contribution is 0.344. The predicted molar refractivity (Wildman–Crippen MR) is 63.0 cm³/mol. The molecule has 4 heteroatoms. The zero-order chi connectivity index (χ0) is 10.1. The number of benzene rings is 1.